The number of thioether (sulfide) groups is 1. The summed E-state index contributed by atoms with van der Waals surface area (Å²) in [5, 5.41) is 15.6. The van der Waals surface area contributed by atoms with Gasteiger partial charge < -0.3 is 10.6 Å². The van der Waals surface area contributed by atoms with E-state index in [2.05, 4.69) is 87.6 Å². The molecular weight excluding hydrogens is 452 g/mol. The summed E-state index contributed by atoms with van der Waals surface area (Å²) in [7, 11) is 0. The van der Waals surface area contributed by atoms with Crippen LogP contribution in [-0.2, 0) is 4.79 Å². The van der Waals surface area contributed by atoms with Crippen molar-refractivity contribution >= 4 is 34.6 Å². The maximum atomic E-state index is 13.8. The molecule has 0 spiro atoms. The van der Waals surface area contributed by atoms with Gasteiger partial charge in [0, 0.05) is 22.2 Å². The highest BCUT2D eigenvalue weighted by molar-refractivity contribution is 8.04. The average molecular weight is 481 g/mol. The number of benzene rings is 3. The number of carbonyl (C=O) groups is 1. The first-order valence-electron chi connectivity index (χ1n) is 12.3. The van der Waals surface area contributed by atoms with Crippen molar-refractivity contribution in [2.45, 2.75) is 29.7 Å². The zero-order valence-electron chi connectivity index (χ0n) is 19.4. The van der Waals surface area contributed by atoms with Crippen LogP contribution in [-0.4, -0.2) is 35.2 Å². The molecule has 3 N–H and O–H groups in total. The highest BCUT2D eigenvalue weighted by Crippen LogP contribution is 2.41. The Bertz CT molecular complexity index is 1320. The summed E-state index contributed by atoms with van der Waals surface area (Å²) >= 11 is 1.53. The molecule has 2 aliphatic heterocycles. The fourth-order valence-electron chi connectivity index (χ4n) is 5.47. The first kappa shape index (κ1) is 22.1. The molecular formula is C29H28N4OS. The molecule has 2 aliphatic rings. The van der Waals surface area contributed by atoms with Gasteiger partial charge in [-0.1, -0.05) is 78.5 Å². The van der Waals surface area contributed by atoms with Crippen molar-refractivity contribution in [2.24, 2.45) is 5.92 Å². The Morgan fingerprint density at radius 1 is 0.914 bits per heavy atom. The maximum absolute atomic E-state index is 13.8. The zero-order valence-corrected chi connectivity index (χ0v) is 20.2. The van der Waals surface area contributed by atoms with Gasteiger partial charge in [0.15, 0.2) is 0 Å². The second kappa shape index (κ2) is 9.72. The van der Waals surface area contributed by atoms with Gasteiger partial charge in [-0.05, 0) is 61.2 Å². The number of aromatic nitrogens is 2. The van der Waals surface area contributed by atoms with Crippen LogP contribution in [0.15, 0.2) is 88.7 Å². The molecule has 1 amide bonds. The van der Waals surface area contributed by atoms with Gasteiger partial charge in [-0.25, -0.2) is 0 Å². The summed E-state index contributed by atoms with van der Waals surface area (Å²) < 4.78 is 0. The first-order valence-corrected chi connectivity index (χ1v) is 13.1. The molecule has 0 radical (unpaired) electrons. The van der Waals surface area contributed by atoms with Gasteiger partial charge in [0.2, 0.25) is 0 Å². The van der Waals surface area contributed by atoms with Gasteiger partial charge in [0.25, 0.3) is 5.91 Å². The van der Waals surface area contributed by atoms with Crippen LogP contribution < -0.4 is 10.6 Å². The van der Waals surface area contributed by atoms with Crippen molar-refractivity contribution in [3.63, 3.8) is 0 Å². The molecule has 1 saturated heterocycles. The van der Waals surface area contributed by atoms with Gasteiger partial charge in [-0.3, -0.25) is 9.89 Å². The van der Waals surface area contributed by atoms with Gasteiger partial charge in [-0.15, -0.1) is 0 Å². The van der Waals surface area contributed by atoms with Crippen molar-refractivity contribution in [3.8, 4) is 0 Å². The summed E-state index contributed by atoms with van der Waals surface area (Å²) in [6.45, 7) is 1.95. The molecule has 1 aromatic heterocycles. The van der Waals surface area contributed by atoms with Crippen LogP contribution in [0.1, 0.15) is 35.6 Å². The molecule has 6 heteroatoms. The fourth-order valence-corrected chi connectivity index (χ4v) is 6.50. The molecule has 3 aromatic carbocycles. The largest absolute Gasteiger partial charge is 0.348 e. The van der Waals surface area contributed by atoms with E-state index < -0.39 is 0 Å². The number of aromatic amines is 1. The number of nitrogens with one attached hydrogen (secondary N) is 3. The highest BCUT2D eigenvalue weighted by atomic mass is 32.2. The molecule has 6 rings (SSSR count). The first-order chi connectivity index (χ1) is 17.3. The lowest BCUT2D eigenvalue weighted by atomic mass is 9.76. The van der Waals surface area contributed by atoms with E-state index in [0.717, 1.165) is 47.4 Å². The number of hydrogen-bond acceptors (Lipinski definition) is 4. The van der Waals surface area contributed by atoms with Gasteiger partial charge in [0.05, 0.1) is 16.1 Å². The predicted molar refractivity (Wildman–Crippen MR) is 142 cm³/mol. The Morgan fingerprint density at radius 2 is 1.60 bits per heavy atom. The molecule has 0 bridgehead atoms. The molecule has 3 heterocycles. The lowest BCUT2D eigenvalue weighted by Gasteiger charge is -2.37. The number of H-pyrrole nitrogens is 1. The Kier molecular flexibility index (Phi) is 6.15. The van der Waals surface area contributed by atoms with E-state index in [1.807, 2.05) is 18.2 Å². The molecule has 35 heavy (non-hydrogen) atoms. The number of rotatable bonds is 6. The number of carbonyl (C=O) groups excluding carboxylic acids is 1. The maximum Gasteiger partial charge on any atom is 0.258 e. The zero-order chi connectivity index (χ0) is 23.6. The van der Waals surface area contributed by atoms with E-state index in [0.29, 0.717) is 10.8 Å². The number of hydrogen-bond donors (Lipinski definition) is 3. The molecule has 0 saturated carbocycles. The molecule has 5 nitrogen and oxygen atoms in total. The number of amides is 1. The smallest absolute Gasteiger partial charge is 0.258 e. The molecule has 1 fully saturated rings. The van der Waals surface area contributed by atoms with Crippen LogP contribution in [0.3, 0.4) is 0 Å². The molecule has 1 unspecified atom stereocenters. The lowest BCUT2D eigenvalue weighted by molar-refractivity contribution is -0.118. The van der Waals surface area contributed by atoms with Crippen LogP contribution in [0.4, 0.5) is 0 Å². The van der Waals surface area contributed by atoms with Crippen molar-refractivity contribution in [1.82, 2.24) is 20.8 Å². The lowest BCUT2D eigenvalue weighted by Crippen LogP contribution is -2.48. The van der Waals surface area contributed by atoms with Crippen molar-refractivity contribution in [1.29, 1.82) is 0 Å². The van der Waals surface area contributed by atoms with Crippen LogP contribution in [0.5, 0.6) is 0 Å². The van der Waals surface area contributed by atoms with Crippen LogP contribution >= 0.6 is 11.8 Å². The summed E-state index contributed by atoms with van der Waals surface area (Å²) in [5.41, 5.74) is 4.30. The third-order valence-electron chi connectivity index (χ3n) is 7.16. The molecule has 176 valence electrons. The minimum absolute atomic E-state index is 0.0187. The fraction of sp³-hybridized carbons (Fsp3) is 0.241. The monoisotopic (exact) mass is 480 g/mol. The topological polar surface area (TPSA) is 69.8 Å². The van der Waals surface area contributed by atoms with Crippen LogP contribution in [0.25, 0.3) is 17.0 Å². The summed E-state index contributed by atoms with van der Waals surface area (Å²) in [5.74, 6) is 0.434. The summed E-state index contributed by atoms with van der Waals surface area (Å²) in [6, 6.07) is 27.2. The Morgan fingerprint density at radius 3 is 2.29 bits per heavy atom. The Balaban J connectivity index is 1.37. The van der Waals surface area contributed by atoms with Crippen LogP contribution in [0, 0.1) is 5.92 Å². The van der Waals surface area contributed by atoms with Crippen LogP contribution in [0.2, 0.25) is 0 Å². The third kappa shape index (κ3) is 4.40. The van der Waals surface area contributed by atoms with E-state index in [1.165, 1.54) is 22.9 Å². The Hall–Kier alpha value is -3.35. The molecule has 0 aliphatic carbocycles. The number of piperidine rings is 1. The molecule has 1 atom stereocenters. The third-order valence-corrected chi connectivity index (χ3v) is 8.24. The SMILES string of the molecule is O=C(NC(C1CCNCC1)C(c1ccccc1)c1ccccc1)C1=Cc2[nH]nc3cccc(c23)S1. The standard InChI is InChI=1S/C29H28N4OS/c34-29(25-18-23-27-22(32-33-23)12-7-13-24(27)35-25)31-28(21-14-16-30-17-15-21)26(19-8-3-1-4-9-19)20-10-5-2-6-11-20/h1-13,18,21,26,28,30H,14-17H2,(H,31,34)(H,32,33). The quantitative estimate of drug-likeness (QED) is 0.349. The van der Waals surface area contributed by atoms with E-state index >= 15 is 0 Å². The minimum Gasteiger partial charge on any atom is -0.348 e. The number of nitrogens with zero attached hydrogens (tertiary/aromatic N) is 1. The van der Waals surface area contributed by atoms with E-state index in [1.54, 1.807) is 0 Å². The normalized spacial score (nSPS) is 16.8. The van der Waals surface area contributed by atoms with E-state index in [9.17, 15) is 4.79 Å². The Labute approximate surface area is 209 Å². The summed E-state index contributed by atoms with van der Waals surface area (Å²) in [4.78, 5) is 15.6. The van der Waals surface area contributed by atoms with Crippen molar-refractivity contribution < 1.29 is 4.79 Å². The van der Waals surface area contributed by atoms with E-state index in [-0.39, 0.29) is 17.9 Å². The van der Waals surface area contributed by atoms with Gasteiger partial charge in [-0.2, -0.15) is 5.10 Å². The highest BCUT2D eigenvalue weighted by Gasteiger charge is 2.35. The summed E-state index contributed by atoms with van der Waals surface area (Å²) in [6.07, 6.45) is 4.02. The minimum atomic E-state index is -0.0207. The molecule has 4 aromatic rings. The predicted octanol–water partition coefficient (Wildman–Crippen LogP) is 5.33. The van der Waals surface area contributed by atoms with Crippen molar-refractivity contribution in [2.75, 3.05) is 13.1 Å². The second-order valence-electron chi connectivity index (χ2n) is 9.28. The van der Waals surface area contributed by atoms with Crippen molar-refractivity contribution in [3.05, 3.63) is 101 Å². The van der Waals surface area contributed by atoms with E-state index in [4.69, 9.17) is 0 Å². The van der Waals surface area contributed by atoms with Gasteiger partial charge in [0.1, 0.15) is 0 Å². The average Bonchev–Trinajstić information content (AvgIpc) is 3.34. The second-order valence-corrected chi connectivity index (χ2v) is 10.4. The van der Waals surface area contributed by atoms with Gasteiger partial charge >= 0.3 is 0 Å².